The topological polar surface area (TPSA) is 87.9 Å². The molecular formula is C23H13Cl2FN4O2S. The lowest BCUT2D eigenvalue weighted by Crippen LogP contribution is -2.23. The molecule has 0 bridgehead atoms. The predicted molar refractivity (Wildman–Crippen MR) is 124 cm³/mol. The predicted octanol–water partition coefficient (Wildman–Crippen LogP) is 6.24. The lowest BCUT2D eigenvalue weighted by Gasteiger charge is -2.13. The van der Waals surface area contributed by atoms with Crippen molar-refractivity contribution in [2.45, 2.75) is 6.54 Å². The van der Waals surface area contributed by atoms with Crippen LogP contribution >= 0.6 is 34.5 Å². The number of nitriles is 1. The number of nitrogens with one attached hydrogen (secondary N) is 1. The Labute approximate surface area is 202 Å². The Bertz CT molecular complexity index is 1370. The molecule has 4 aromatic rings. The third kappa shape index (κ3) is 5.29. The molecule has 1 N–H and O–H groups in total. The van der Waals surface area contributed by atoms with Gasteiger partial charge in [-0.25, -0.2) is 9.37 Å². The summed E-state index contributed by atoms with van der Waals surface area (Å²) in [6.45, 7) is -0.114. The number of rotatable bonds is 6. The number of hydrogen-bond acceptors (Lipinski definition) is 6. The first kappa shape index (κ1) is 22.7. The van der Waals surface area contributed by atoms with Crippen molar-refractivity contribution in [2.75, 3.05) is 0 Å². The number of halogens is 3. The fourth-order valence-corrected chi connectivity index (χ4v) is 4.07. The monoisotopic (exact) mass is 498 g/mol. The molecule has 1 amide bonds. The maximum absolute atomic E-state index is 15.1. The molecule has 0 aliphatic rings. The van der Waals surface area contributed by atoms with Gasteiger partial charge in [-0.2, -0.15) is 5.26 Å². The van der Waals surface area contributed by atoms with Crippen LogP contribution in [0.25, 0.3) is 10.6 Å². The lowest BCUT2D eigenvalue weighted by molar-refractivity contribution is 0.0946. The fraction of sp³-hybridized carbons (Fsp3) is 0.0435. The van der Waals surface area contributed by atoms with Crippen LogP contribution in [0.4, 0.5) is 4.39 Å². The van der Waals surface area contributed by atoms with E-state index in [1.807, 2.05) is 12.1 Å². The third-order valence-corrected chi connectivity index (χ3v) is 5.84. The molecule has 6 nitrogen and oxygen atoms in total. The van der Waals surface area contributed by atoms with Crippen molar-refractivity contribution in [3.8, 4) is 28.1 Å². The number of carbonyl (C=O) groups excluding carboxylic acids is 1. The van der Waals surface area contributed by atoms with Gasteiger partial charge in [-0.05, 0) is 36.4 Å². The van der Waals surface area contributed by atoms with Crippen molar-refractivity contribution in [3.63, 3.8) is 0 Å². The van der Waals surface area contributed by atoms with E-state index in [0.717, 1.165) is 5.56 Å². The first-order valence-electron chi connectivity index (χ1n) is 9.44. The summed E-state index contributed by atoms with van der Waals surface area (Å²) in [6.07, 6.45) is 3.31. The van der Waals surface area contributed by atoms with E-state index in [9.17, 15) is 4.79 Å². The average Bonchev–Trinajstić information content (AvgIpc) is 3.32. The molecule has 2 aromatic carbocycles. The van der Waals surface area contributed by atoms with Gasteiger partial charge >= 0.3 is 0 Å². The number of ether oxygens (including phenoxy) is 1. The molecule has 0 spiro atoms. The van der Waals surface area contributed by atoms with Gasteiger partial charge in [0.2, 0.25) is 0 Å². The van der Waals surface area contributed by atoms with Gasteiger partial charge in [-0.15, -0.1) is 11.3 Å². The van der Waals surface area contributed by atoms with Gasteiger partial charge < -0.3 is 10.1 Å². The van der Waals surface area contributed by atoms with E-state index < -0.39 is 11.7 Å². The van der Waals surface area contributed by atoms with Gasteiger partial charge in [-0.1, -0.05) is 29.3 Å². The van der Waals surface area contributed by atoms with Gasteiger partial charge in [0.05, 0.1) is 16.7 Å². The smallest absolute Gasteiger partial charge is 0.271 e. The normalized spacial score (nSPS) is 10.5. The number of thiazole rings is 1. The molecular weight excluding hydrogens is 486 g/mol. The number of aromatic nitrogens is 2. The molecule has 0 atom stereocenters. The highest BCUT2D eigenvalue weighted by Crippen LogP contribution is 2.35. The van der Waals surface area contributed by atoms with Crippen molar-refractivity contribution >= 4 is 40.4 Å². The van der Waals surface area contributed by atoms with E-state index in [1.165, 1.54) is 41.7 Å². The van der Waals surface area contributed by atoms with E-state index in [0.29, 0.717) is 5.01 Å². The zero-order valence-electron chi connectivity index (χ0n) is 16.7. The zero-order valence-corrected chi connectivity index (χ0v) is 19.0. The van der Waals surface area contributed by atoms with Crippen molar-refractivity contribution in [3.05, 3.63) is 92.9 Å². The Balaban J connectivity index is 1.49. The summed E-state index contributed by atoms with van der Waals surface area (Å²) in [5.41, 5.74) is 1.43. The van der Waals surface area contributed by atoms with Gasteiger partial charge in [-0.3, -0.25) is 9.78 Å². The number of carbonyl (C=O) groups is 1. The minimum atomic E-state index is -0.740. The minimum Gasteiger partial charge on any atom is -0.453 e. The first-order valence-corrected chi connectivity index (χ1v) is 11.1. The minimum absolute atomic E-state index is 0.0293. The summed E-state index contributed by atoms with van der Waals surface area (Å²) in [7, 11) is 0. The maximum Gasteiger partial charge on any atom is 0.271 e. The molecule has 2 aromatic heterocycles. The Morgan fingerprint density at radius 3 is 2.85 bits per heavy atom. The van der Waals surface area contributed by atoms with Crippen molar-refractivity contribution in [1.29, 1.82) is 5.26 Å². The van der Waals surface area contributed by atoms with Crippen LogP contribution in [0.3, 0.4) is 0 Å². The van der Waals surface area contributed by atoms with Gasteiger partial charge in [0.15, 0.2) is 11.6 Å². The summed E-state index contributed by atoms with van der Waals surface area (Å²) in [4.78, 5) is 20.9. The Morgan fingerprint density at radius 2 is 2.09 bits per heavy atom. The number of benzene rings is 2. The van der Waals surface area contributed by atoms with E-state index >= 15 is 4.39 Å². The summed E-state index contributed by atoms with van der Waals surface area (Å²) < 4.78 is 20.7. The van der Waals surface area contributed by atoms with Crippen LogP contribution in [0, 0.1) is 17.1 Å². The van der Waals surface area contributed by atoms with Crippen LogP contribution in [0.2, 0.25) is 10.0 Å². The number of pyridine rings is 1. The largest absolute Gasteiger partial charge is 0.453 e. The summed E-state index contributed by atoms with van der Waals surface area (Å²) >= 11 is 13.4. The highest BCUT2D eigenvalue weighted by atomic mass is 35.5. The standard InChI is InChI=1S/C23H13Cl2FN4O2S/c24-16-6-13(9-27)7-17(8-16)32-21-18(25)4-3-14(20(21)26)11-29-22(31)19-12-33-23(30-19)15-2-1-5-28-10-15/h1-8,10,12H,11H2,(H,29,31). The quantitative estimate of drug-likeness (QED) is 0.339. The van der Waals surface area contributed by atoms with Gasteiger partial charge in [0.1, 0.15) is 16.5 Å². The molecule has 33 heavy (non-hydrogen) atoms. The molecule has 164 valence electrons. The van der Waals surface area contributed by atoms with E-state index in [1.54, 1.807) is 23.8 Å². The SMILES string of the molecule is N#Cc1cc(Cl)cc(Oc2c(Cl)ccc(CNC(=O)c3csc(-c4cccnc4)n3)c2F)c1. The van der Waals surface area contributed by atoms with Crippen LogP contribution in [-0.4, -0.2) is 15.9 Å². The van der Waals surface area contributed by atoms with E-state index in [4.69, 9.17) is 33.2 Å². The number of amides is 1. The van der Waals surface area contributed by atoms with Gasteiger partial charge in [0, 0.05) is 40.5 Å². The second-order valence-corrected chi connectivity index (χ2v) is 8.40. The Kier molecular flexibility index (Phi) is 6.84. The Morgan fingerprint density at radius 1 is 1.24 bits per heavy atom. The number of nitrogens with zero attached hydrogens (tertiary/aromatic N) is 3. The second kappa shape index (κ2) is 9.96. The average molecular weight is 499 g/mol. The summed E-state index contributed by atoms with van der Waals surface area (Å²) in [5, 5.41) is 14.3. The zero-order chi connectivity index (χ0) is 23.4. The summed E-state index contributed by atoms with van der Waals surface area (Å²) in [6, 6.07) is 12.8. The molecule has 10 heteroatoms. The van der Waals surface area contributed by atoms with Crippen LogP contribution in [0.1, 0.15) is 21.6 Å². The molecule has 0 saturated heterocycles. The van der Waals surface area contributed by atoms with Crippen LogP contribution in [0.15, 0.2) is 60.2 Å². The van der Waals surface area contributed by atoms with Crippen LogP contribution < -0.4 is 10.1 Å². The van der Waals surface area contributed by atoms with E-state index in [-0.39, 0.29) is 44.9 Å². The van der Waals surface area contributed by atoms with Crippen LogP contribution in [0.5, 0.6) is 11.5 Å². The van der Waals surface area contributed by atoms with Gasteiger partial charge in [0.25, 0.3) is 5.91 Å². The fourth-order valence-electron chi connectivity index (χ4n) is 2.87. The van der Waals surface area contributed by atoms with Crippen molar-refractivity contribution in [1.82, 2.24) is 15.3 Å². The highest BCUT2D eigenvalue weighted by molar-refractivity contribution is 7.13. The molecule has 2 heterocycles. The van der Waals surface area contributed by atoms with Crippen LogP contribution in [-0.2, 0) is 6.54 Å². The first-order chi connectivity index (χ1) is 15.9. The maximum atomic E-state index is 15.1. The molecule has 0 saturated carbocycles. The molecule has 0 aliphatic heterocycles. The molecule has 0 unspecified atom stereocenters. The molecule has 0 radical (unpaired) electrons. The lowest BCUT2D eigenvalue weighted by atomic mass is 10.2. The molecule has 0 aliphatic carbocycles. The van der Waals surface area contributed by atoms with Crippen molar-refractivity contribution < 1.29 is 13.9 Å². The molecule has 4 rings (SSSR count). The summed E-state index contributed by atoms with van der Waals surface area (Å²) in [5.74, 6) is -1.27. The second-order valence-electron chi connectivity index (χ2n) is 6.70. The number of hydrogen-bond donors (Lipinski definition) is 1. The molecule has 0 fully saturated rings. The Hall–Kier alpha value is -3.51. The van der Waals surface area contributed by atoms with E-state index in [2.05, 4.69) is 15.3 Å². The highest BCUT2D eigenvalue weighted by Gasteiger charge is 2.18. The third-order valence-electron chi connectivity index (χ3n) is 4.43. The van der Waals surface area contributed by atoms with Crippen molar-refractivity contribution in [2.24, 2.45) is 0 Å².